The van der Waals surface area contributed by atoms with Crippen molar-refractivity contribution in [1.29, 1.82) is 0 Å². The number of fused-ring (bicyclic) bond motifs is 3. The number of ether oxygens (including phenoxy) is 1. The fourth-order valence-electron chi connectivity index (χ4n) is 2.26. The maximum absolute atomic E-state index is 5.89. The largest absolute Gasteiger partial charge is 0.453 e. The minimum Gasteiger partial charge on any atom is -0.453 e. The topological polar surface area (TPSA) is 23.3 Å². The van der Waals surface area contributed by atoms with E-state index in [1.807, 2.05) is 42.5 Å². The molecule has 18 heavy (non-hydrogen) atoms. The number of rotatable bonds is 0. The lowest BCUT2D eigenvalue weighted by Gasteiger charge is -2.20. The van der Waals surface area contributed by atoms with Gasteiger partial charge < -0.3 is 4.74 Å². The summed E-state index contributed by atoms with van der Waals surface area (Å²) >= 11 is 0. The van der Waals surface area contributed by atoms with Crippen molar-refractivity contribution in [2.75, 3.05) is 0 Å². The van der Waals surface area contributed by atoms with Crippen LogP contribution in [0.2, 0.25) is 0 Å². The summed E-state index contributed by atoms with van der Waals surface area (Å²) in [5.74, 6) is 1.65. The Morgan fingerprint density at radius 1 is 0.667 bits per heavy atom. The summed E-state index contributed by atoms with van der Waals surface area (Å²) in [5.41, 5.74) is 1.78. The minimum absolute atomic E-state index is 0.820. The molecule has 3 aromatic rings. The van der Waals surface area contributed by atoms with Crippen LogP contribution in [0.4, 0.5) is 11.4 Å². The van der Waals surface area contributed by atoms with Crippen molar-refractivity contribution >= 4 is 22.1 Å². The Kier molecular flexibility index (Phi) is 1.86. The molecule has 1 radical (unpaired) electrons. The number of benzene rings is 3. The molecule has 4 rings (SSSR count). The third kappa shape index (κ3) is 1.36. The maximum Gasteiger partial charge on any atom is 0.153 e. The normalized spacial score (nSPS) is 12.2. The Hall–Kier alpha value is -2.48. The van der Waals surface area contributed by atoms with E-state index in [2.05, 4.69) is 23.5 Å². The second kappa shape index (κ2) is 3.50. The molecule has 1 aliphatic heterocycles. The maximum atomic E-state index is 5.89. The highest BCUT2D eigenvalue weighted by atomic mass is 16.5. The van der Waals surface area contributed by atoms with Gasteiger partial charge in [0.05, 0.1) is 0 Å². The zero-order chi connectivity index (χ0) is 11.9. The molecule has 2 nitrogen and oxygen atoms in total. The highest BCUT2D eigenvalue weighted by Crippen LogP contribution is 2.43. The smallest absolute Gasteiger partial charge is 0.153 e. The molecule has 1 aliphatic rings. The Bertz CT molecular complexity index is 685. The quantitative estimate of drug-likeness (QED) is 0.437. The van der Waals surface area contributed by atoms with Gasteiger partial charge in [0.1, 0.15) is 11.4 Å². The molecule has 0 saturated heterocycles. The SMILES string of the molecule is c1ccc2c(c1)[N]c1cc3ccccc3cc1O2. The zero-order valence-corrected chi connectivity index (χ0v) is 9.63. The number of para-hydroxylation sites is 2. The molecule has 0 amide bonds. The van der Waals surface area contributed by atoms with Gasteiger partial charge in [-0.2, -0.15) is 0 Å². The predicted molar refractivity (Wildman–Crippen MR) is 71.9 cm³/mol. The van der Waals surface area contributed by atoms with Gasteiger partial charge in [0, 0.05) is 0 Å². The van der Waals surface area contributed by atoms with Gasteiger partial charge in [-0.25, -0.2) is 5.32 Å². The first-order valence-corrected chi connectivity index (χ1v) is 5.91. The second-order valence-electron chi connectivity index (χ2n) is 4.35. The molecule has 0 atom stereocenters. The summed E-state index contributed by atoms with van der Waals surface area (Å²) in [5, 5.41) is 6.99. The highest BCUT2D eigenvalue weighted by molar-refractivity contribution is 5.89. The fraction of sp³-hybridized carbons (Fsp3) is 0. The van der Waals surface area contributed by atoms with Crippen LogP contribution in [-0.2, 0) is 0 Å². The highest BCUT2D eigenvalue weighted by Gasteiger charge is 2.17. The van der Waals surface area contributed by atoms with Crippen LogP contribution in [0.15, 0.2) is 60.7 Å². The van der Waals surface area contributed by atoms with Crippen molar-refractivity contribution in [3.63, 3.8) is 0 Å². The molecular formula is C16H10NO. The molecular weight excluding hydrogens is 222 g/mol. The van der Waals surface area contributed by atoms with Crippen LogP contribution in [0.25, 0.3) is 10.8 Å². The van der Waals surface area contributed by atoms with E-state index in [0.717, 1.165) is 22.9 Å². The molecule has 0 fully saturated rings. The van der Waals surface area contributed by atoms with E-state index in [-0.39, 0.29) is 0 Å². The van der Waals surface area contributed by atoms with Crippen LogP contribution in [0.3, 0.4) is 0 Å². The van der Waals surface area contributed by atoms with Crippen molar-refractivity contribution in [3.05, 3.63) is 60.7 Å². The van der Waals surface area contributed by atoms with Crippen molar-refractivity contribution < 1.29 is 4.74 Å². The van der Waals surface area contributed by atoms with Gasteiger partial charge in [0.2, 0.25) is 0 Å². The lowest BCUT2D eigenvalue weighted by molar-refractivity contribution is 0.472. The van der Waals surface area contributed by atoms with E-state index in [9.17, 15) is 0 Å². The molecule has 3 aromatic carbocycles. The Morgan fingerprint density at radius 3 is 2.28 bits per heavy atom. The predicted octanol–water partition coefficient (Wildman–Crippen LogP) is 4.51. The lowest BCUT2D eigenvalue weighted by atomic mass is 10.1. The van der Waals surface area contributed by atoms with E-state index in [1.54, 1.807) is 0 Å². The Morgan fingerprint density at radius 2 is 1.39 bits per heavy atom. The average molecular weight is 232 g/mol. The first-order chi connectivity index (χ1) is 8.90. The molecule has 85 valence electrons. The summed E-state index contributed by atoms with van der Waals surface area (Å²) in [6.45, 7) is 0. The van der Waals surface area contributed by atoms with Crippen LogP contribution >= 0.6 is 0 Å². The molecule has 0 saturated carbocycles. The molecule has 2 heteroatoms. The van der Waals surface area contributed by atoms with Crippen LogP contribution in [0, 0.1) is 0 Å². The van der Waals surface area contributed by atoms with E-state index >= 15 is 0 Å². The third-order valence-electron chi connectivity index (χ3n) is 3.15. The number of hydrogen-bond acceptors (Lipinski definition) is 1. The van der Waals surface area contributed by atoms with Gasteiger partial charge in [-0.3, -0.25) is 0 Å². The van der Waals surface area contributed by atoms with Crippen molar-refractivity contribution in [1.82, 2.24) is 5.32 Å². The standard InChI is InChI=1S/C16H10NO/c1-2-6-12-10-16-14(9-11(12)5-1)17-13-7-3-4-8-15(13)18-16/h1-10H. The average Bonchev–Trinajstić information content (AvgIpc) is 2.42. The zero-order valence-electron chi connectivity index (χ0n) is 9.63. The van der Waals surface area contributed by atoms with Gasteiger partial charge in [0.15, 0.2) is 11.5 Å². The molecule has 0 bridgehead atoms. The number of hydrogen-bond donors (Lipinski definition) is 0. The van der Waals surface area contributed by atoms with Gasteiger partial charge in [-0.1, -0.05) is 36.4 Å². The molecule has 0 unspecified atom stereocenters. The van der Waals surface area contributed by atoms with Crippen molar-refractivity contribution in [3.8, 4) is 11.5 Å². The lowest BCUT2D eigenvalue weighted by Crippen LogP contribution is -2.01. The summed E-state index contributed by atoms with van der Waals surface area (Å²) in [7, 11) is 0. The van der Waals surface area contributed by atoms with Crippen LogP contribution < -0.4 is 10.1 Å². The first-order valence-electron chi connectivity index (χ1n) is 5.91. The fourth-order valence-corrected chi connectivity index (χ4v) is 2.26. The molecule has 0 spiro atoms. The van der Waals surface area contributed by atoms with Crippen LogP contribution in [0.5, 0.6) is 11.5 Å². The van der Waals surface area contributed by atoms with Gasteiger partial charge in [-0.15, -0.1) is 0 Å². The third-order valence-corrected chi connectivity index (χ3v) is 3.15. The van der Waals surface area contributed by atoms with Gasteiger partial charge in [0.25, 0.3) is 0 Å². The van der Waals surface area contributed by atoms with Gasteiger partial charge in [-0.05, 0) is 35.0 Å². The summed E-state index contributed by atoms with van der Waals surface area (Å²) in [6, 6.07) is 20.2. The molecule has 0 aromatic heterocycles. The monoisotopic (exact) mass is 232 g/mol. The van der Waals surface area contributed by atoms with Crippen molar-refractivity contribution in [2.45, 2.75) is 0 Å². The molecule has 0 aliphatic carbocycles. The van der Waals surface area contributed by atoms with Crippen LogP contribution in [-0.4, -0.2) is 0 Å². The Balaban J connectivity index is 1.92. The van der Waals surface area contributed by atoms with Crippen LogP contribution in [0.1, 0.15) is 0 Å². The Labute approximate surface area is 105 Å². The molecule has 0 N–H and O–H groups in total. The van der Waals surface area contributed by atoms with Gasteiger partial charge >= 0.3 is 0 Å². The van der Waals surface area contributed by atoms with E-state index in [4.69, 9.17) is 4.74 Å². The molecule has 1 heterocycles. The van der Waals surface area contributed by atoms with E-state index < -0.39 is 0 Å². The van der Waals surface area contributed by atoms with E-state index in [1.165, 1.54) is 10.8 Å². The number of nitrogens with zero attached hydrogens (tertiary/aromatic N) is 1. The minimum atomic E-state index is 0.820. The first kappa shape index (κ1) is 9.54. The van der Waals surface area contributed by atoms with Crippen molar-refractivity contribution in [2.24, 2.45) is 0 Å². The van der Waals surface area contributed by atoms with E-state index in [0.29, 0.717) is 0 Å². The second-order valence-corrected chi connectivity index (χ2v) is 4.35. The summed E-state index contributed by atoms with van der Waals surface area (Å²) in [6.07, 6.45) is 0. The summed E-state index contributed by atoms with van der Waals surface area (Å²) in [4.78, 5) is 0. The summed E-state index contributed by atoms with van der Waals surface area (Å²) < 4.78 is 5.89.